The molecule has 154 valence electrons. The van der Waals surface area contributed by atoms with Crippen LogP contribution in [0.2, 0.25) is 0 Å². The number of nitrogens with one attached hydrogen (secondary N) is 3. The Morgan fingerprint density at radius 1 is 1.30 bits per heavy atom. The fourth-order valence-electron chi connectivity index (χ4n) is 2.73. The van der Waals surface area contributed by atoms with Crippen LogP contribution in [0.3, 0.4) is 0 Å². The standard InChI is InChI=1S/C20H20N6O3S/c1-3-12(7-13(4-2)17-5-6-21-23-17)14-8-15(10-16(9-14)26-29)19-22-20(25-24-19)30-11-18(27)28/h3-10,26,29H,2,11H2,1H3,(H,21,23)(H,27,28)(H,22,24,25)/b12-3+,13-7+. The Kier molecular flexibility index (Phi) is 6.83. The Hall–Kier alpha value is -3.63. The first-order chi connectivity index (χ1) is 14.5. The van der Waals surface area contributed by atoms with Gasteiger partial charge in [-0.25, -0.2) is 4.98 Å². The van der Waals surface area contributed by atoms with Crippen LogP contribution >= 0.6 is 11.8 Å². The van der Waals surface area contributed by atoms with Gasteiger partial charge in [-0.15, -0.1) is 5.10 Å². The minimum Gasteiger partial charge on any atom is -0.481 e. The predicted molar refractivity (Wildman–Crippen MR) is 116 cm³/mol. The number of carboxylic acids is 1. The van der Waals surface area contributed by atoms with Crippen molar-refractivity contribution in [3.63, 3.8) is 0 Å². The summed E-state index contributed by atoms with van der Waals surface area (Å²) in [5.41, 5.74) is 6.70. The zero-order chi connectivity index (χ0) is 21.5. The molecule has 0 aliphatic rings. The van der Waals surface area contributed by atoms with Gasteiger partial charge in [-0.3, -0.25) is 25.7 Å². The molecule has 0 radical (unpaired) electrons. The van der Waals surface area contributed by atoms with Gasteiger partial charge < -0.3 is 5.11 Å². The SMILES string of the molecule is C=C/C(=C\C(=C/C)c1cc(NO)cc(-c2nc(SCC(=O)O)n[nH]2)c1)c1ccn[nH]1. The summed E-state index contributed by atoms with van der Waals surface area (Å²) in [6.07, 6.45) is 7.29. The number of H-pyrrole nitrogens is 2. The van der Waals surface area contributed by atoms with Crippen LogP contribution in [0.4, 0.5) is 5.69 Å². The van der Waals surface area contributed by atoms with Gasteiger partial charge >= 0.3 is 5.97 Å². The molecule has 0 saturated carbocycles. The number of thioether (sulfide) groups is 1. The second-order valence-corrected chi connectivity index (χ2v) is 7.02. The maximum atomic E-state index is 10.7. The largest absolute Gasteiger partial charge is 0.481 e. The Morgan fingerprint density at radius 2 is 2.13 bits per heavy atom. The highest BCUT2D eigenvalue weighted by Gasteiger charge is 2.12. The zero-order valence-electron chi connectivity index (χ0n) is 16.1. The molecule has 0 amide bonds. The van der Waals surface area contributed by atoms with E-state index in [0.717, 1.165) is 34.2 Å². The number of aromatic nitrogens is 5. The second-order valence-electron chi connectivity index (χ2n) is 6.08. The van der Waals surface area contributed by atoms with Crippen molar-refractivity contribution in [1.29, 1.82) is 0 Å². The lowest BCUT2D eigenvalue weighted by molar-refractivity contribution is -0.133. The summed E-state index contributed by atoms with van der Waals surface area (Å²) in [7, 11) is 0. The van der Waals surface area contributed by atoms with Crippen LogP contribution in [0.5, 0.6) is 0 Å². The van der Waals surface area contributed by atoms with Gasteiger partial charge in [-0.2, -0.15) is 5.10 Å². The zero-order valence-corrected chi connectivity index (χ0v) is 16.9. The fourth-order valence-corrected chi connectivity index (χ4v) is 3.24. The van der Waals surface area contributed by atoms with Crippen LogP contribution in [-0.2, 0) is 4.79 Å². The number of anilines is 1. The lowest BCUT2D eigenvalue weighted by Gasteiger charge is -2.10. The second kappa shape index (κ2) is 9.72. The van der Waals surface area contributed by atoms with Crippen LogP contribution in [0.15, 0.2) is 60.4 Å². The van der Waals surface area contributed by atoms with Crippen molar-refractivity contribution < 1.29 is 15.1 Å². The van der Waals surface area contributed by atoms with Crippen LogP contribution in [0.25, 0.3) is 22.5 Å². The highest BCUT2D eigenvalue weighted by molar-refractivity contribution is 7.99. The first-order valence-corrected chi connectivity index (χ1v) is 9.85. The molecule has 0 atom stereocenters. The summed E-state index contributed by atoms with van der Waals surface area (Å²) in [5, 5.41) is 32.4. The van der Waals surface area contributed by atoms with E-state index in [-0.39, 0.29) is 5.75 Å². The van der Waals surface area contributed by atoms with Crippen molar-refractivity contribution in [3.8, 4) is 11.4 Å². The van der Waals surface area contributed by atoms with Gasteiger partial charge in [0, 0.05) is 11.8 Å². The van der Waals surface area contributed by atoms with Crippen molar-refractivity contribution >= 4 is 34.6 Å². The minimum absolute atomic E-state index is 0.133. The molecule has 0 spiro atoms. The molecule has 1 aromatic carbocycles. The van der Waals surface area contributed by atoms with Crippen molar-refractivity contribution in [2.75, 3.05) is 11.2 Å². The molecule has 2 heterocycles. The Balaban J connectivity index is 1.97. The van der Waals surface area contributed by atoms with Gasteiger partial charge in [0.15, 0.2) is 5.82 Å². The Bertz CT molecular complexity index is 1100. The van der Waals surface area contributed by atoms with Crippen LogP contribution in [-0.4, -0.2) is 47.4 Å². The van der Waals surface area contributed by atoms with E-state index in [0.29, 0.717) is 22.2 Å². The summed E-state index contributed by atoms with van der Waals surface area (Å²) < 4.78 is 0. The number of nitrogens with zero attached hydrogens (tertiary/aromatic N) is 3. The molecule has 0 unspecified atom stereocenters. The Morgan fingerprint density at radius 3 is 2.77 bits per heavy atom. The van der Waals surface area contributed by atoms with E-state index in [1.165, 1.54) is 0 Å². The van der Waals surface area contributed by atoms with Crippen molar-refractivity contribution in [1.82, 2.24) is 25.4 Å². The monoisotopic (exact) mass is 424 g/mol. The average Bonchev–Trinajstić information content (AvgIpc) is 3.45. The minimum atomic E-state index is -0.945. The fraction of sp³-hybridized carbons (Fsp3) is 0.100. The third-order valence-corrected chi connectivity index (χ3v) is 4.94. The molecule has 3 aromatic rings. The van der Waals surface area contributed by atoms with E-state index in [1.54, 1.807) is 24.4 Å². The molecule has 10 heteroatoms. The summed E-state index contributed by atoms with van der Waals surface area (Å²) in [6.45, 7) is 5.78. The molecule has 0 bridgehead atoms. The predicted octanol–water partition coefficient (Wildman–Crippen LogP) is 3.85. The topological polar surface area (TPSA) is 140 Å². The maximum absolute atomic E-state index is 10.7. The number of aliphatic carboxylic acids is 1. The normalized spacial score (nSPS) is 12.1. The summed E-state index contributed by atoms with van der Waals surface area (Å²) in [5.74, 6) is -0.621. The molecule has 0 fully saturated rings. The smallest absolute Gasteiger partial charge is 0.313 e. The maximum Gasteiger partial charge on any atom is 0.313 e. The van der Waals surface area contributed by atoms with E-state index >= 15 is 0 Å². The van der Waals surface area contributed by atoms with Gasteiger partial charge in [0.2, 0.25) is 5.16 Å². The lowest BCUT2D eigenvalue weighted by Crippen LogP contribution is -1.97. The number of benzene rings is 1. The van der Waals surface area contributed by atoms with E-state index < -0.39 is 5.97 Å². The number of allylic oxidation sites excluding steroid dienone is 5. The number of hydrogen-bond acceptors (Lipinski definition) is 7. The highest BCUT2D eigenvalue weighted by atomic mass is 32.2. The van der Waals surface area contributed by atoms with Gasteiger partial charge in [-0.1, -0.05) is 30.5 Å². The summed E-state index contributed by atoms with van der Waals surface area (Å²) in [6, 6.07) is 7.24. The Labute approximate surface area is 176 Å². The average molecular weight is 424 g/mol. The lowest BCUT2D eigenvalue weighted by atomic mass is 9.98. The molecule has 0 saturated heterocycles. The number of hydrogen-bond donors (Lipinski definition) is 5. The van der Waals surface area contributed by atoms with E-state index in [2.05, 4.69) is 37.4 Å². The van der Waals surface area contributed by atoms with Crippen LogP contribution in [0.1, 0.15) is 18.2 Å². The molecule has 9 nitrogen and oxygen atoms in total. The highest BCUT2D eigenvalue weighted by Crippen LogP contribution is 2.29. The molecule has 30 heavy (non-hydrogen) atoms. The molecular formula is C20H20N6O3S. The molecule has 0 aliphatic carbocycles. The van der Waals surface area contributed by atoms with E-state index in [4.69, 9.17) is 5.11 Å². The number of carbonyl (C=O) groups is 1. The first kappa shape index (κ1) is 21.1. The summed E-state index contributed by atoms with van der Waals surface area (Å²) >= 11 is 1.02. The van der Waals surface area contributed by atoms with Gasteiger partial charge in [0.25, 0.3) is 0 Å². The number of aromatic amines is 2. The van der Waals surface area contributed by atoms with Gasteiger partial charge in [0.05, 0.1) is 17.1 Å². The molecule has 0 aliphatic heterocycles. The number of carboxylic acid groups (broad SMARTS) is 1. The molecular weight excluding hydrogens is 404 g/mol. The van der Waals surface area contributed by atoms with Crippen molar-refractivity contribution in [2.45, 2.75) is 12.1 Å². The van der Waals surface area contributed by atoms with Gasteiger partial charge in [0.1, 0.15) is 0 Å². The van der Waals surface area contributed by atoms with Gasteiger partial charge in [-0.05, 0) is 54.0 Å². The number of rotatable bonds is 9. The quantitative estimate of drug-likeness (QED) is 0.198. The van der Waals surface area contributed by atoms with E-state index in [9.17, 15) is 10.0 Å². The molecule has 3 rings (SSSR count). The molecule has 2 aromatic heterocycles. The van der Waals surface area contributed by atoms with Crippen molar-refractivity contribution in [3.05, 3.63) is 66.5 Å². The van der Waals surface area contributed by atoms with Crippen LogP contribution < -0.4 is 5.48 Å². The third kappa shape index (κ3) is 5.04. The van der Waals surface area contributed by atoms with E-state index in [1.807, 2.05) is 31.2 Å². The van der Waals surface area contributed by atoms with Crippen LogP contribution in [0, 0.1) is 0 Å². The summed E-state index contributed by atoms with van der Waals surface area (Å²) in [4.78, 5) is 15.1. The molecule has 5 N–H and O–H groups in total. The first-order valence-electron chi connectivity index (χ1n) is 8.87. The third-order valence-electron chi connectivity index (χ3n) is 4.11. The van der Waals surface area contributed by atoms with Crippen molar-refractivity contribution in [2.24, 2.45) is 0 Å².